The maximum atomic E-state index is 5.38. The molecular formula is C15H30IN3O2. The molecule has 0 atom stereocenters. The number of nitrogens with one attached hydrogen (secondary N) is 2. The van der Waals surface area contributed by atoms with Crippen LogP contribution < -0.4 is 10.6 Å². The van der Waals surface area contributed by atoms with E-state index in [1.165, 1.54) is 5.57 Å². The van der Waals surface area contributed by atoms with Gasteiger partial charge in [0.05, 0.1) is 25.4 Å². The lowest BCUT2D eigenvalue weighted by atomic mass is 10.1. The minimum atomic E-state index is -0.231. The topological polar surface area (TPSA) is 54.9 Å². The second-order valence-corrected chi connectivity index (χ2v) is 5.52. The molecule has 0 aromatic rings. The largest absolute Gasteiger partial charge is 0.377 e. The maximum Gasteiger partial charge on any atom is 0.191 e. The molecule has 0 spiro atoms. The number of methoxy groups -OCH3 is 1. The zero-order valence-corrected chi connectivity index (χ0v) is 16.0. The third kappa shape index (κ3) is 9.31. The normalized spacial score (nSPS) is 16.0. The zero-order valence-electron chi connectivity index (χ0n) is 13.7. The van der Waals surface area contributed by atoms with E-state index in [-0.39, 0.29) is 29.6 Å². The van der Waals surface area contributed by atoms with Gasteiger partial charge in [-0.15, -0.1) is 24.0 Å². The van der Waals surface area contributed by atoms with Crippen LogP contribution in [0.15, 0.2) is 16.6 Å². The monoisotopic (exact) mass is 411 g/mol. The summed E-state index contributed by atoms with van der Waals surface area (Å²) in [5.74, 6) is 0.852. The molecule has 0 saturated carbocycles. The molecule has 0 fully saturated rings. The van der Waals surface area contributed by atoms with Gasteiger partial charge in [0.2, 0.25) is 0 Å². The molecule has 0 aliphatic carbocycles. The first-order valence-electron chi connectivity index (χ1n) is 7.40. The molecule has 0 radical (unpaired) electrons. The van der Waals surface area contributed by atoms with Gasteiger partial charge < -0.3 is 20.1 Å². The molecule has 0 bridgehead atoms. The Balaban J connectivity index is 0.00000400. The number of rotatable bonds is 7. The summed E-state index contributed by atoms with van der Waals surface area (Å²) in [6, 6.07) is 0. The number of nitrogens with zero attached hydrogens (tertiary/aromatic N) is 1. The summed E-state index contributed by atoms with van der Waals surface area (Å²) in [5, 5.41) is 6.62. The lowest BCUT2D eigenvalue weighted by molar-refractivity contribution is 0.0310. The average molecular weight is 411 g/mol. The predicted molar refractivity (Wildman–Crippen MR) is 98.6 cm³/mol. The van der Waals surface area contributed by atoms with Gasteiger partial charge in [-0.05, 0) is 33.6 Å². The van der Waals surface area contributed by atoms with Crippen molar-refractivity contribution in [3.63, 3.8) is 0 Å². The van der Waals surface area contributed by atoms with Gasteiger partial charge >= 0.3 is 0 Å². The SMILES string of the molecule is CCNC(=NCC(C)(C)OC)NCCC1=CCOCC1.I. The Hall–Kier alpha value is -0.340. The summed E-state index contributed by atoms with van der Waals surface area (Å²) >= 11 is 0. The Bertz CT molecular complexity index is 344. The second kappa shape index (κ2) is 11.3. The summed E-state index contributed by atoms with van der Waals surface area (Å²) in [6.45, 7) is 10.1. The second-order valence-electron chi connectivity index (χ2n) is 5.52. The fraction of sp³-hybridized carbons (Fsp3) is 0.800. The molecule has 6 heteroatoms. The Morgan fingerprint density at radius 1 is 1.43 bits per heavy atom. The van der Waals surface area contributed by atoms with Gasteiger partial charge in [-0.3, -0.25) is 4.99 Å². The van der Waals surface area contributed by atoms with Gasteiger partial charge in [-0.1, -0.05) is 11.6 Å². The predicted octanol–water partition coefficient (Wildman–Crippen LogP) is 2.32. The van der Waals surface area contributed by atoms with Crippen LogP contribution in [0.4, 0.5) is 0 Å². The molecular weight excluding hydrogens is 381 g/mol. The van der Waals surface area contributed by atoms with Gasteiger partial charge in [0.25, 0.3) is 0 Å². The Morgan fingerprint density at radius 3 is 2.76 bits per heavy atom. The van der Waals surface area contributed by atoms with Gasteiger partial charge in [0.15, 0.2) is 5.96 Å². The van der Waals surface area contributed by atoms with E-state index in [4.69, 9.17) is 9.47 Å². The van der Waals surface area contributed by atoms with Crippen molar-refractivity contribution >= 4 is 29.9 Å². The van der Waals surface area contributed by atoms with Crippen LogP contribution in [0.1, 0.15) is 33.6 Å². The van der Waals surface area contributed by atoms with Crippen LogP contribution in [-0.4, -0.2) is 51.5 Å². The van der Waals surface area contributed by atoms with E-state index in [1.807, 2.05) is 13.8 Å². The van der Waals surface area contributed by atoms with E-state index in [1.54, 1.807) is 7.11 Å². The molecule has 0 amide bonds. The fourth-order valence-corrected chi connectivity index (χ4v) is 1.81. The van der Waals surface area contributed by atoms with Crippen molar-refractivity contribution in [2.24, 2.45) is 4.99 Å². The highest BCUT2D eigenvalue weighted by Gasteiger charge is 2.15. The Morgan fingerprint density at radius 2 is 2.19 bits per heavy atom. The van der Waals surface area contributed by atoms with Crippen molar-refractivity contribution in [1.29, 1.82) is 0 Å². The summed E-state index contributed by atoms with van der Waals surface area (Å²) in [7, 11) is 1.72. The van der Waals surface area contributed by atoms with Gasteiger partial charge in [0.1, 0.15) is 0 Å². The number of hydrogen-bond donors (Lipinski definition) is 2. The molecule has 1 aliphatic rings. The molecule has 0 unspecified atom stereocenters. The fourth-order valence-electron chi connectivity index (χ4n) is 1.81. The van der Waals surface area contributed by atoms with Crippen molar-refractivity contribution in [3.8, 4) is 0 Å². The van der Waals surface area contributed by atoms with Crippen molar-refractivity contribution in [2.75, 3.05) is 40.0 Å². The van der Waals surface area contributed by atoms with E-state index in [2.05, 4.69) is 28.6 Å². The minimum Gasteiger partial charge on any atom is -0.377 e. The van der Waals surface area contributed by atoms with Gasteiger partial charge in [-0.25, -0.2) is 0 Å². The van der Waals surface area contributed by atoms with Crippen molar-refractivity contribution in [3.05, 3.63) is 11.6 Å². The number of hydrogen-bond acceptors (Lipinski definition) is 3. The number of ether oxygens (including phenoxy) is 2. The molecule has 1 rings (SSSR count). The Labute approximate surface area is 146 Å². The molecule has 1 aliphatic heterocycles. The highest BCUT2D eigenvalue weighted by molar-refractivity contribution is 14.0. The van der Waals surface area contributed by atoms with Gasteiger partial charge in [0, 0.05) is 20.2 Å². The van der Waals surface area contributed by atoms with Crippen LogP contribution in [0.25, 0.3) is 0 Å². The summed E-state index contributed by atoms with van der Waals surface area (Å²) < 4.78 is 10.7. The van der Waals surface area contributed by atoms with E-state index in [9.17, 15) is 0 Å². The smallest absolute Gasteiger partial charge is 0.191 e. The van der Waals surface area contributed by atoms with Crippen LogP contribution in [-0.2, 0) is 9.47 Å². The van der Waals surface area contributed by atoms with E-state index < -0.39 is 0 Å². The lowest BCUT2D eigenvalue weighted by Gasteiger charge is -2.21. The quantitative estimate of drug-likeness (QED) is 0.292. The Kier molecular flexibility index (Phi) is 11.1. The first-order valence-corrected chi connectivity index (χ1v) is 7.40. The van der Waals surface area contributed by atoms with Crippen LogP contribution in [0.2, 0.25) is 0 Å². The highest BCUT2D eigenvalue weighted by Crippen LogP contribution is 2.10. The summed E-state index contributed by atoms with van der Waals surface area (Å²) in [6.07, 6.45) is 4.27. The van der Waals surface area contributed by atoms with Crippen molar-refractivity contribution in [2.45, 2.75) is 39.2 Å². The molecule has 0 aromatic heterocycles. The molecule has 2 N–H and O–H groups in total. The minimum absolute atomic E-state index is 0. The first kappa shape index (κ1) is 20.7. The van der Waals surface area contributed by atoms with Crippen LogP contribution in [0.3, 0.4) is 0 Å². The lowest BCUT2D eigenvalue weighted by Crippen LogP contribution is -2.39. The van der Waals surface area contributed by atoms with E-state index in [0.29, 0.717) is 6.54 Å². The molecule has 124 valence electrons. The third-order valence-corrected chi connectivity index (χ3v) is 3.31. The van der Waals surface area contributed by atoms with Crippen LogP contribution in [0.5, 0.6) is 0 Å². The average Bonchev–Trinajstić information content (AvgIpc) is 2.46. The third-order valence-electron chi connectivity index (χ3n) is 3.31. The van der Waals surface area contributed by atoms with E-state index >= 15 is 0 Å². The zero-order chi connectivity index (χ0) is 14.8. The standard InChI is InChI=1S/C15H29N3O2.HI/c1-5-16-14(18-12-15(2,3)19-4)17-9-6-13-7-10-20-11-8-13;/h7H,5-6,8-12H2,1-4H3,(H2,16,17,18);1H. The molecule has 1 heterocycles. The van der Waals surface area contributed by atoms with E-state index in [0.717, 1.165) is 45.1 Å². The first-order chi connectivity index (χ1) is 9.57. The molecule has 21 heavy (non-hydrogen) atoms. The maximum absolute atomic E-state index is 5.38. The highest BCUT2D eigenvalue weighted by atomic mass is 127. The summed E-state index contributed by atoms with van der Waals surface area (Å²) in [5.41, 5.74) is 1.24. The molecule has 0 saturated heterocycles. The van der Waals surface area contributed by atoms with Crippen molar-refractivity contribution in [1.82, 2.24) is 10.6 Å². The van der Waals surface area contributed by atoms with Crippen molar-refractivity contribution < 1.29 is 9.47 Å². The number of guanidine groups is 1. The number of halogens is 1. The number of aliphatic imine (C=N–C) groups is 1. The van der Waals surface area contributed by atoms with Crippen LogP contribution >= 0.6 is 24.0 Å². The van der Waals surface area contributed by atoms with Crippen LogP contribution in [0, 0.1) is 0 Å². The summed E-state index contributed by atoms with van der Waals surface area (Å²) in [4.78, 5) is 4.56. The van der Waals surface area contributed by atoms with Gasteiger partial charge in [-0.2, -0.15) is 0 Å². The molecule has 0 aromatic carbocycles. The molecule has 5 nitrogen and oxygen atoms in total.